The van der Waals surface area contributed by atoms with Crippen molar-refractivity contribution in [1.29, 1.82) is 0 Å². The highest BCUT2D eigenvalue weighted by molar-refractivity contribution is 7.79. The van der Waals surface area contributed by atoms with Crippen molar-refractivity contribution < 1.29 is 0 Å². The monoisotopic (exact) mass is 1690 g/mol. The second kappa shape index (κ2) is 33.5. The van der Waals surface area contributed by atoms with Crippen LogP contribution in [0.3, 0.4) is 0 Å². The molecule has 3 heterocycles. The maximum Gasteiger partial charge on any atom is 0.0796 e. The molecule has 3 aromatic heterocycles. The topological polar surface area (TPSA) is 33.6 Å². The van der Waals surface area contributed by atoms with E-state index in [1.807, 2.05) is 0 Å². The summed E-state index contributed by atoms with van der Waals surface area (Å²) in [5.74, 6) is 0.275. The van der Waals surface area contributed by atoms with Crippen LogP contribution < -0.4 is 9.80 Å². The molecule has 4 aliphatic rings. The predicted octanol–water partition coefficient (Wildman–Crippen LogP) is 32.7. The number of anilines is 4. The third-order valence-corrected chi connectivity index (χ3v) is 27.8. The first kappa shape index (κ1) is 81.0. The lowest BCUT2D eigenvalue weighted by molar-refractivity contribution is 0.590. The lowest BCUT2D eigenvalue weighted by atomic mass is 9.84. The van der Waals surface area contributed by atoms with Crippen molar-refractivity contribution in [2.75, 3.05) is 9.80 Å². The van der Waals surface area contributed by atoms with E-state index in [0.717, 1.165) is 76.8 Å². The van der Waals surface area contributed by atoms with Gasteiger partial charge in [0.05, 0.1) is 33.5 Å². The van der Waals surface area contributed by atoms with E-state index in [1.54, 1.807) is 0 Å². The molecule has 6 nitrogen and oxygen atoms in total. The molecule has 18 aromatic rings. The van der Waals surface area contributed by atoms with Gasteiger partial charge in [-0.1, -0.05) is 328 Å². The van der Waals surface area contributed by atoms with E-state index < -0.39 is 0 Å². The molecule has 4 aliphatic carbocycles. The molecule has 0 saturated heterocycles. The number of nitrogens with zero attached hydrogens (tertiary/aromatic N) is 6. The fourth-order valence-corrected chi connectivity index (χ4v) is 20.8. The van der Waals surface area contributed by atoms with Gasteiger partial charge in [-0.15, -0.1) is 0 Å². The fraction of sp³-hybridized carbons (Fsp3) is 0.130. The van der Waals surface area contributed by atoms with E-state index in [1.165, 1.54) is 161 Å². The zero-order valence-corrected chi connectivity index (χ0v) is 75.4. The molecule has 3 atom stereocenters. The normalized spacial score (nSPS) is 15.9. The van der Waals surface area contributed by atoms with E-state index in [0.29, 0.717) is 0 Å². The maximum atomic E-state index is 4.88. The first-order chi connectivity index (χ1) is 63.6. The fourth-order valence-electron chi connectivity index (χ4n) is 20.5. The Morgan fingerprint density at radius 1 is 0.338 bits per heavy atom. The SMILES string of the molecule is C[C@@H]1C(c2ccc(-n3c4c(c5cc(-c6ccc(-c7ccc8c9ccccc9n(-c9ccc(-c%10ccccc%10)cc9)c8c7)cc6)ccc53)CC(c3ccc(-c5ccc6c7c(n(-c8ccc(-c9ccccc9)cc8)c6c5)C=CCC7)cc3)C=C4)cc2)=CC=C(N(c2ccccc2)c2ccc(C3C=CC(N(c4ccc(C(C)(C)C)cc4)c4ccc(C(C)(C)C)cc4)=CC3)cc2)C1=NS. The smallest absolute Gasteiger partial charge is 0.0796 e. The van der Waals surface area contributed by atoms with Crippen molar-refractivity contribution in [3.63, 3.8) is 0 Å². The molecule has 0 saturated carbocycles. The Hall–Kier alpha value is -14.8. The van der Waals surface area contributed by atoms with E-state index in [-0.39, 0.29) is 28.6 Å². The zero-order valence-electron chi connectivity index (χ0n) is 74.5. The first-order valence-electron chi connectivity index (χ1n) is 45.9. The van der Waals surface area contributed by atoms with Crippen molar-refractivity contribution in [2.45, 2.75) is 96.8 Å². The van der Waals surface area contributed by atoms with Crippen molar-refractivity contribution in [1.82, 2.24) is 13.7 Å². The lowest BCUT2D eigenvalue weighted by Crippen LogP contribution is -2.29. The Bertz CT molecular complexity index is 7530. The van der Waals surface area contributed by atoms with Gasteiger partial charge in [0, 0.05) is 96.2 Å². The van der Waals surface area contributed by atoms with Crippen molar-refractivity contribution in [2.24, 2.45) is 10.3 Å². The van der Waals surface area contributed by atoms with Gasteiger partial charge in [0.2, 0.25) is 0 Å². The summed E-state index contributed by atoms with van der Waals surface area (Å²) in [5.41, 5.74) is 40.5. The van der Waals surface area contributed by atoms with Crippen LogP contribution in [0.2, 0.25) is 0 Å². The molecule has 0 radical (unpaired) electrons. The minimum Gasteiger partial charge on any atom is -0.311 e. The number of aryl methyl sites for hydroxylation is 1. The van der Waals surface area contributed by atoms with Crippen LogP contribution in [0.5, 0.6) is 0 Å². The van der Waals surface area contributed by atoms with Crippen LogP contribution in [0, 0.1) is 5.92 Å². The average Bonchev–Trinajstić information content (AvgIpc) is 1.58. The van der Waals surface area contributed by atoms with Gasteiger partial charge in [0.15, 0.2) is 0 Å². The second-order valence-corrected chi connectivity index (χ2v) is 37.7. The van der Waals surface area contributed by atoms with Crippen LogP contribution in [0.4, 0.5) is 22.7 Å². The van der Waals surface area contributed by atoms with Gasteiger partial charge >= 0.3 is 0 Å². The van der Waals surface area contributed by atoms with Crippen molar-refractivity contribution in [3.05, 3.63) is 468 Å². The quantitative estimate of drug-likeness (QED) is 0.0922. The number of aromatic nitrogens is 3. The molecule has 0 spiro atoms. The van der Waals surface area contributed by atoms with Gasteiger partial charge in [0.25, 0.3) is 0 Å². The van der Waals surface area contributed by atoms with E-state index in [9.17, 15) is 0 Å². The molecule has 630 valence electrons. The minimum absolute atomic E-state index is 0.0578. The maximum absolute atomic E-state index is 4.88. The Labute approximate surface area is 768 Å². The van der Waals surface area contributed by atoms with Crippen LogP contribution in [0.25, 0.3) is 134 Å². The van der Waals surface area contributed by atoms with E-state index >= 15 is 0 Å². The van der Waals surface area contributed by atoms with Gasteiger partial charge in [-0.3, -0.25) is 0 Å². The number of para-hydroxylation sites is 2. The van der Waals surface area contributed by atoms with E-state index in [2.05, 4.69) is 491 Å². The van der Waals surface area contributed by atoms with Gasteiger partial charge < -0.3 is 23.5 Å². The highest BCUT2D eigenvalue weighted by Crippen LogP contribution is 2.47. The summed E-state index contributed by atoms with van der Waals surface area (Å²) in [7, 11) is 0. The van der Waals surface area contributed by atoms with Crippen LogP contribution in [0.15, 0.2) is 422 Å². The zero-order chi connectivity index (χ0) is 87.9. The molecule has 15 aromatic carbocycles. The van der Waals surface area contributed by atoms with Crippen LogP contribution in [-0.4, -0.2) is 19.4 Å². The Morgan fingerprint density at radius 3 is 1.34 bits per heavy atom. The molecule has 0 aliphatic heterocycles. The van der Waals surface area contributed by atoms with Gasteiger partial charge in [0.1, 0.15) is 0 Å². The molecule has 130 heavy (non-hydrogen) atoms. The van der Waals surface area contributed by atoms with Crippen LogP contribution in [-0.2, 0) is 23.7 Å². The van der Waals surface area contributed by atoms with Crippen LogP contribution in [0.1, 0.15) is 123 Å². The minimum atomic E-state index is -0.0877. The summed E-state index contributed by atoms with van der Waals surface area (Å²) in [6.07, 6.45) is 25.0. The van der Waals surface area contributed by atoms with Crippen molar-refractivity contribution >= 4 is 103 Å². The van der Waals surface area contributed by atoms with E-state index in [4.69, 9.17) is 17.2 Å². The third kappa shape index (κ3) is 15.0. The molecule has 0 bridgehead atoms. The first-order valence-corrected chi connectivity index (χ1v) is 46.3. The summed E-state index contributed by atoms with van der Waals surface area (Å²) >= 11 is 4.83. The summed E-state index contributed by atoms with van der Waals surface area (Å²) in [6.45, 7) is 15.9. The number of fused-ring (bicyclic) bond motifs is 9. The highest BCUT2D eigenvalue weighted by atomic mass is 32.1. The largest absolute Gasteiger partial charge is 0.311 e. The number of allylic oxidation sites excluding steroid dienone is 9. The Balaban J connectivity index is 0.571. The number of benzene rings is 15. The number of hydrogen-bond donors (Lipinski definition) is 1. The lowest BCUT2D eigenvalue weighted by Gasteiger charge is -2.33. The summed E-state index contributed by atoms with van der Waals surface area (Å²) < 4.78 is 12.3. The Morgan fingerprint density at radius 2 is 0.762 bits per heavy atom. The molecular weight excluding hydrogens is 1590 g/mol. The van der Waals surface area contributed by atoms with Crippen LogP contribution >= 0.6 is 12.8 Å². The summed E-state index contributed by atoms with van der Waals surface area (Å²) in [6, 6.07) is 135. The molecule has 0 fully saturated rings. The summed E-state index contributed by atoms with van der Waals surface area (Å²) in [4.78, 5) is 4.75. The standard InChI is InChI=1S/C123H102N6S/c1-81-107(73-76-118(121(81)124-130)126(99-25-15-10-16-26-99)103-59-41-87(42-60-103)86-39-57-100(58-40-86)125(101-67-53-97(54-68-101)122(2,3)4)102-69-55-98(56-70-102)123(5,6)7)92-47-65-104(66-48-92)127-116-74-51-93(88-31-35-90(36-32-88)95-49-71-110-108-27-17-19-29-114(108)128(119(110)79-95)105-61-43-84(44-62-105)82-21-11-8-12-22-82)77-112(116)113-78-94(52-75-117(113)127)89-33-37-91(38-34-89)96-50-72-111-109-28-18-20-30-115(109)129(120(111)80-96)106-63-45-85(46-64-106)83-23-13-9-14-24-83/h8-17,19-27,29-39,41-77,79-81,86,94,130H,18,28,40,78H2,1-7H3/t81-,86?,94?/m1/s1. The molecule has 0 N–H and O–H groups in total. The third-order valence-electron chi connectivity index (χ3n) is 27.6. The van der Waals surface area contributed by atoms with Gasteiger partial charge in [-0.2, -0.15) is 0 Å². The average molecular weight is 1700 g/mol. The molecule has 7 heteroatoms. The van der Waals surface area contributed by atoms with Crippen molar-refractivity contribution in [3.8, 4) is 72.7 Å². The Kier molecular flexibility index (Phi) is 20.9. The molecular formula is C123H102N6S. The number of hydrogen-bond acceptors (Lipinski definition) is 4. The predicted molar refractivity (Wildman–Crippen MR) is 555 cm³/mol. The van der Waals surface area contributed by atoms with Gasteiger partial charge in [-0.05, 0) is 289 Å². The molecule has 0 amide bonds. The second-order valence-electron chi connectivity index (χ2n) is 37.5. The summed E-state index contributed by atoms with van der Waals surface area (Å²) in [5, 5.41) is 5.07. The van der Waals surface area contributed by atoms with Gasteiger partial charge in [-0.25, -0.2) is 4.40 Å². The number of thiol groups is 1. The number of rotatable bonds is 17. The molecule has 22 rings (SSSR count). The highest BCUT2D eigenvalue weighted by Gasteiger charge is 2.32. The molecule has 2 unspecified atom stereocenters.